The van der Waals surface area contributed by atoms with Crippen molar-refractivity contribution in [3.05, 3.63) is 0 Å². The summed E-state index contributed by atoms with van der Waals surface area (Å²) in [5.41, 5.74) is 0.137. The number of ether oxygens (including phenoxy) is 1. The van der Waals surface area contributed by atoms with E-state index in [-0.39, 0.29) is 5.71 Å². The van der Waals surface area contributed by atoms with Crippen LogP contribution in [0.15, 0.2) is 5.16 Å². The molecular formula is C12H21NO3. The van der Waals surface area contributed by atoms with Crippen LogP contribution in [0.2, 0.25) is 0 Å². The molecule has 1 N–H and O–H groups in total. The molecule has 0 atom stereocenters. The Kier molecular flexibility index (Phi) is 5.90. The van der Waals surface area contributed by atoms with E-state index in [0.717, 1.165) is 18.8 Å². The Morgan fingerprint density at radius 1 is 1.38 bits per heavy atom. The van der Waals surface area contributed by atoms with Gasteiger partial charge in [-0.05, 0) is 12.3 Å². The summed E-state index contributed by atoms with van der Waals surface area (Å²) in [5, 5.41) is 11.6. The lowest BCUT2D eigenvalue weighted by Gasteiger charge is -2.21. The SMILES string of the molecule is COC(=O)/C(CCCC1CCCCC1)=N/O. The molecule has 92 valence electrons. The number of oxime groups is 1. The maximum atomic E-state index is 11.1. The molecular weight excluding hydrogens is 206 g/mol. The van der Waals surface area contributed by atoms with Gasteiger partial charge in [0.25, 0.3) is 0 Å². The zero-order valence-electron chi connectivity index (χ0n) is 9.95. The first kappa shape index (κ1) is 13.0. The van der Waals surface area contributed by atoms with Crippen LogP contribution in [0.4, 0.5) is 0 Å². The van der Waals surface area contributed by atoms with Gasteiger partial charge in [0.2, 0.25) is 0 Å². The standard InChI is InChI=1S/C12H21NO3/c1-16-12(14)11(13-15)9-5-8-10-6-3-2-4-7-10/h10,15H,2-9H2,1H3/b13-11+. The second kappa shape index (κ2) is 7.25. The molecule has 0 aromatic rings. The zero-order valence-corrected chi connectivity index (χ0v) is 9.95. The summed E-state index contributed by atoms with van der Waals surface area (Å²) in [5.74, 6) is 0.275. The summed E-state index contributed by atoms with van der Waals surface area (Å²) >= 11 is 0. The molecule has 0 aromatic carbocycles. The Bertz CT molecular complexity index is 245. The van der Waals surface area contributed by atoms with Gasteiger partial charge < -0.3 is 9.94 Å². The smallest absolute Gasteiger partial charge is 0.355 e. The van der Waals surface area contributed by atoms with E-state index < -0.39 is 5.97 Å². The Morgan fingerprint density at radius 3 is 2.62 bits per heavy atom. The average molecular weight is 227 g/mol. The molecule has 0 spiro atoms. The minimum Gasteiger partial charge on any atom is -0.464 e. The second-order valence-electron chi connectivity index (χ2n) is 4.43. The van der Waals surface area contributed by atoms with E-state index >= 15 is 0 Å². The van der Waals surface area contributed by atoms with E-state index in [2.05, 4.69) is 9.89 Å². The fourth-order valence-electron chi connectivity index (χ4n) is 2.34. The molecule has 0 aliphatic heterocycles. The van der Waals surface area contributed by atoms with Gasteiger partial charge in [-0.1, -0.05) is 43.7 Å². The maximum absolute atomic E-state index is 11.1. The van der Waals surface area contributed by atoms with Gasteiger partial charge in [0.05, 0.1) is 7.11 Å². The Hall–Kier alpha value is -1.06. The predicted molar refractivity (Wildman–Crippen MR) is 61.7 cm³/mol. The van der Waals surface area contributed by atoms with Crippen LogP contribution >= 0.6 is 0 Å². The molecule has 0 aromatic heterocycles. The Morgan fingerprint density at radius 2 is 2.06 bits per heavy atom. The van der Waals surface area contributed by atoms with Gasteiger partial charge in [-0.3, -0.25) is 0 Å². The lowest BCUT2D eigenvalue weighted by Crippen LogP contribution is -2.16. The van der Waals surface area contributed by atoms with E-state index in [1.54, 1.807) is 0 Å². The number of carbonyl (C=O) groups excluding carboxylic acids is 1. The van der Waals surface area contributed by atoms with Crippen molar-refractivity contribution >= 4 is 11.7 Å². The van der Waals surface area contributed by atoms with Gasteiger partial charge in [0, 0.05) is 6.42 Å². The zero-order chi connectivity index (χ0) is 11.8. The number of nitrogens with zero attached hydrogens (tertiary/aromatic N) is 1. The maximum Gasteiger partial charge on any atom is 0.355 e. The first-order valence-corrected chi connectivity index (χ1v) is 6.07. The molecule has 16 heavy (non-hydrogen) atoms. The van der Waals surface area contributed by atoms with Crippen molar-refractivity contribution in [3.8, 4) is 0 Å². The monoisotopic (exact) mass is 227 g/mol. The van der Waals surface area contributed by atoms with Crippen LogP contribution in [-0.4, -0.2) is 24.0 Å². The third kappa shape index (κ3) is 4.21. The fraction of sp³-hybridized carbons (Fsp3) is 0.833. The molecule has 0 radical (unpaired) electrons. The second-order valence-corrected chi connectivity index (χ2v) is 4.43. The minimum atomic E-state index is -0.522. The lowest BCUT2D eigenvalue weighted by atomic mass is 9.85. The van der Waals surface area contributed by atoms with E-state index in [0.29, 0.717) is 6.42 Å². The topological polar surface area (TPSA) is 58.9 Å². The Labute approximate surface area is 96.7 Å². The summed E-state index contributed by atoms with van der Waals surface area (Å²) < 4.78 is 4.52. The highest BCUT2D eigenvalue weighted by atomic mass is 16.5. The van der Waals surface area contributed by atoms with Gasteiger partial charge >= 0.3 is 5.97 Å². The van der Waals surface area contributed by atoms with Crippen LogP contribution < -0.4 is 0 Å². The third-order valence-electron chi connectivity index (χ3n) is 3.29. The van der Waals surface area contributed by atoms with Crippen LogP contribution in [0.25, 0.3) is 0 Å². The van der Waals surface area contributed by atoms with Crippen LogP contribution in [0, 0.1) is 5.92 Å². The predicted octanol–water partition coefficient (Wildman–Crippen LogP) is 2.74. The lowest BCUT2D eigenvalue weighted by molar-refractivity contribution is -0.133. The highest BCUT2D eigenvalue weighted by Crippen LogP contribution is 2.27. The van der Waals surface area contributed by atoms with E-state index in [9.17, 15) is 4.79 Å². The van der Waals surface area contributed by atoms with Crippen molar-refractivity contribution in [1.29, 1.82) is 0 Å². The molecule has 1 aliphatic carbocycles. The molecule has 1 aliphatic rings. The molecule has 1 fully saturated rings. The van der Waals surface area contributed by atoms with Crippen molar-refractivity contribution < 1.29 is 14.7 Å². The van der Waals surface area contributed by atoms with E-state index in [1.807, 2.05) is 0 Å². The van der Waals surface area contributed by atoms with Gasteiger partial charge in [-0.2, -0.15) is 0 Å². The minimum absolute atomic E-state index is 0.137. The molecule has 0 amide bonds. The summed E-state index contributed by atoms with van der Waals surface area (Å²) in [6.07, 6.45) is 9.19. The fourth-order valence-corrected chi connectivity index (χ4v) is 2.34. The number of hydrogen-bond acceptors (Lipinski definition) is 4. The molecule has 0 bridgehead atoms. The number of rotatable bonds is 5. The van der Waals surface area contributed by atoms with Crippen molar-refractivity contribution in [2.24, 2.45) is 11.1 Å². The molecule has 1 rings (SSSR count). The number of esters is 1. The highest BCUT2D eigenvalue weighted by Gasteiger charge is 2.16. The Balaban J connectivity index is 2.20. The van der Waals surface area contributed by atoms with Crippen molar-refractivity contribution in [2.45, 2.75) is 51.4 Å². The molecule has 4 nitrogen and oxygen atoms in total. The first-order chi connectivity index (χ1) is 7.77. The van der Waals surface area contributed by atoms with Gasteiger partial charge in [0.15, 0.2) is 5.71 Å². The molecule has 0 unspecified atom stereocenters. The summed E-state index contributed by atoms with van der Waals surface area (Å²) in [4.78, 5) is 11.1. The summed E-state index contributed by atoms with van der Waals surface area (Å²) in [6, 6.07) is 0. The van der Waals surface area contributed by atoms with Crippen LogP contribution in [0.5, 0.6) is 0 Å². The molecule has 0 saturated heterocycles. The number of hydrogen-bond donors (Lipinski definition) is 1. The van der Waals surface area contributed by atoms with Crippen LogP contribution in [0.3, 0.4) is 0 Å². The van der Waals surface area contributed by atoms with Crippen LogP contribution in [-0.2, 0) is 9.53 Å². The quantitative estimate of drug-likeness (QED) is 0.340. The van der Waals surface area contributed by atoms with E-state index in [1.165, 1.54) is 39.2 Å². The molecule has 0 heterocycles. The van der Waals surface area contributed by atoms with Gasteiger partial charge in [-0.15, -0.1) is 0 Å². The van der Waals surface area contributed by atoms with Crippen LogP contribution in [0.1, 0.15) is 51.4 Å². The van der Waals surface area contributed by atoms with Crippen molar-refractivity contribution in [3.63, 3.8) is 0 Å². The largest absolute Gasteiger partial charge is 0.464 e. The van der Waals surface area contributed by atoms with Gasteiger partial charge in [-0.25, -0.2) is 4.79 Å². The van der Waals surface area contributed by atoms with Crippen molar-refractivity contribution in [2.75, 3.05) is 7.11 Å². The average Bonchev–Trinajstić information content (AvgIpc) is 2.35. The third-order valence-corrected chi connectivity index (χ3v) is 3.29. The molecule has 4 heteroatoms. The number of carbonyl (C=O) groups is 1. The summed E-state index contributed by atoms with van der Waals surface area (Å²) in [7, 11) is 1.30. The van der Waals surface area contributed by atoms with E-state index in [4.69, 9.17) is 5.21 Å². The van der Waals surface area contributed by atoms with Crippen molar-refractivity contribution in [1.82, 2.24) is 0 Å². The number of methoxy groups -OCH3 is 1. The normalized spacial score (nSPS) is 18.4. The summed E-state index contributed by atoms with van der Waals surface area (Å²) in [6.45, 7) is 0. The first-order valence-electron chi connectivity index (χ1n) is 6.07. The van der Waals surface area contributed by atoms with Gasteiger partial charge in [0.1, 0.15) is 0 Å². The highest BCUT2D eigenvalue weighted by molar-refractivity contribution is 6.36. The molecule has 1 saturated carbocycles.